The smallest absolute Gasteiger partial charge is 0.0360 e. The molecule has 0 saturated carbocycles. The van der Waals surface area contributed by atoms with Crippen molar-refractivity contribution in [1.29, 1.82) is 0 Å². The van der Waals surface area contributed by atoms with Crippen LogP contribution >= 0.6 is 12.2 Å². The van der Waals surface area contributed by atoms with E-state index in [0.717, 1.165) is 10.4 Å². The lowest BCUT2D eigenvalue weighted by molar-refractivity contribution is 1.33. The molecule has 0 rings (SSSR count). The van der Waals surface area contributed by atoms with E-state index >= 15 is 0 Å². The first-order chi connectivity index (χ1) is 6.67. The lowest BCUT2D eigenvalue weighted by Gasteiger charge is -1.98. The lowest BCUT2D eigenvalue weighted by atomic mass is 10.1. The second kappa shape index (κ2) is 12.0. The van der Waals surface area contributed by atoms with Gasteiger partial charge in [0.15, 0.2) is 0 Å². The minimum Gasteiger partial charge on any atom is -0.326 e. The first-order valence-electron chi connectivity index (χ1n) is 4.43. The molecular weight excluding hydrogens is 190 g/mol. The molecule has 0 aliphatic carbocycles. The van der Waals surface area contributed by atoms with Gasteiger partial charge in [0, 0.05) is 11.4 Å². The first-order valence-corrected chi connectivity index (χ1v) is 4.84. The Hall–Kier alpha value is -0.990. The zero-order valence-electron chi connectivity index (χ0n) is 8.99. The van der Waals surface area contributed by atoms with Gasteiger partial charge in [-0.1, -0.05) is 49.2 Å². The van der Waals surface area contributed by atoms with E-state index in [1.165, 1.54) is 0 Å². The maximum absolute atomic E-state index is 5.38. The quantitative estimate of drug-likeness (QED) is 0.333. The molecule has 0 aromatic rings. The highest BCUT2D eigenvalue weighted by atomic mass is 32.1. The molecule has 0 bridgehead atoms. The highest BCUT2D eigenvalue weighted by Gasteiger charge is 1.95. The van der Waals surface area contributed by atoms with Crippen LogP contribution in [-0.4, -0.2) is 11.4 Å². The molecule has 1 nitrogen and oxygen atoms in total. The van der Waals surface area contributed by atoms with Crippen molar-refractivity contribution in [2.45, 2.75) is 13.8 Å². The van der Waals surface area contributed by atoms with Gasteiger partial charge in [0.05, 0.1) is 0 Å². The van der Waals surface area contributed by atoms with Crippen LogP contribution in [0.5, 0.6) is 0 Å². The predicted molar refractivity (Wildman–Crippen MR) is 70.6 cm³/mol. The van der Waals surface area contributed by atoms with Crippen molar-refractivity contribution in [3.05, 3.63) is 49.1 Å². The van der Waals surface area contributed by atoms with Crippen LogP contribution in [0, 0.1) is 0 Å². The molecule has 2 heteroatoms. The molecule has 0 aromatic heterocycles. The summed E-state index contributed by atoms with van der Waals surface area (Å²) < 4.78 is 0. The Labute approximate surface area is 92.7 Å². The van der Waals surface area contributed by atoms with Crippen LogP contribution in [0.25, 0.3) is 0 Å². The van der Waals surface area contributed by atoms with E-state index in [1.54, 1.807) is 12.2 Å². The van der Waals surface area contributed by atoms with Crippen LogP contribution in [0.15, 0.2) is 49.1 Å². The third kappa shape index (κ3) is 9.10. The minimum atomic E-state index is 0.416. The van der Waals surface area contributed by atoms with E-state index in [1.807, 2.05) is 32.1 Å². The van der Waals surface area contributed by atoms with Gasteiger partial charge in [-0.05, 0) is 19.4 Å². The van der Waals surface area contributed by atoms with Crippen molar-refractivity contribution < 1.29 is 0 Å². The van der Waals surface area contributed by atoms with E-state index in [2.05, 4.69) is 13.2 Å². The van der Waals surface area contributed by atoms with Gasteiger partial charge >= 0.3 is 0 Å². The fourth-order valence-corrected chi connectivity index (χ4v) is 0.802. The monoisotopic (exact) mass is 209 g/mol. The zero-order valence-corrected chi connectivity index (χ0v) is 9.81. The number of nitrogens with two attached hydrogens (primary N) is 1. The van der Waals surface area contributed by atoms with Gasteiger partial charge in [-0.2, -0.15) is 0 Å². The summed E-state index contributed by atoms with van der Waals surface area (Å²) in [6.07, 6.45) is 9.17. The van der Waals surface area contributed by atoms with Crippen molar-refractivity contribution in [2.24, 2.45) is 5.73 Å². The molecular formula is C12H19NS. The first kappa shape index (κ1) is 15.5. The van der Waals surface area contributed by atoms with Crippen molar-refractivity contribution in [1.82, 2.24) is 0 Å². The van der Waals surface area contributed by atoms with E-state index in [9.17, 15) is 0 Å². The molecule has 0 aliphatic rings. The lowest BCUT2D eigenvalue weighted by Crippen LogP contribution is -2.12. The summed E-state index contributed by atoms with van der Waals surface area (Å²) in [6, 6.07) is 0. The Morgan fingerprint density at radius 3 is 2.14 bits per heavy atom. The largest absolute Gasteiger partial charge is 0.326 e. The highest BCUT2D eigenvalue weighted by molar-refractivity contribution is 7.81. The Morgan fingerprint density at radius 1 is 1.36 bits per heavy atom. The molecule has 0 spiro atoms. The maximum atomic E-state index is 5.38. The van der Waals surface area contributed by atoms with E-state index in [0.29, 0.717) is 6.54 Å². The molecule has 14 heavy (non-hydrogen) atoms. The molecule has 0 fully saturated rings. The van der Waals surface area contributed by atoms with Crippen LogP contribution in [0.2, 0.25) is 0 Å². The fourth-order valence-electron chi connectivity index (χ4n) is 0.666. The summed E-state index contributed by atoms with van der Waals surface area (Å²) in [4.78, 5) is 0.767. The van der Waals surface area contributed by atoms with Crippen molar-refractivity contribution in [3.8, 4) is 0 Å². The molecule has 0 aromatic carbocycles. The molecule has 0 amide bonds. The van der Waals surface area contributed by atoms with Gasteiger partial charge in [0.2, 0.25) is 0 Å². The van der Waals surface area contributed by atoms with Gasteiger partial charge in [-0.3, -0.25) is 0 Å². The van der Waals surface area contributed by atoms with Gasteiger partial charge < -0.3 is 5.73 Å². The van der Waals surface area contributed by atoms with Crippen molar-refractivity contribution >= 4 is 17.1 Å². The van der Waals surface area contributed by atoms with Gasteiger partial charge in [-0.15, -0.1) is 6.58 Å². The minimum absolute atomic E-state index is 0.416. The topological polar surface area (TPSA) is 26.0 Å². The second-order valence-corrected chi connectivity index (χ2v) is 2.89. The number of rotatable bonds is 4. The molecule has 0 heterocycles. The summed E-state index contributed by atoms with van der Waals surface area (Å²) in [6.45, 7) is 11.2. The Balaban J connectivity index is 0. The molecule has 0 atom stereocenters. The van der Waals surface area contributed by atoms with E-state index in [-0.39, 0.29) is 0 Å². The van der Waals surface area contributed by atoms with Gasteiger partial charge in [0.25, 0.3) is 0 Å². The summed E-state index contributed by atoms with van der Waals surface area (Å²) in [5, 5.41) is 0. The van der Waals surface area contributed by atoms with Gasteiger partial charge in [-0.25, -0.2) is 0 Å². The summed E-state index contributed by atoms with van der Waals surface area (Å²) >= 11 is 5.02. The Kier molecular flexibility index (Phi) is 13.3. The SMILES string of the molecule is C=C/C=C(\C=C/C)C(=S)CN.C=CC. The number of allylic oxidation sites excluding steroid dienone is 5. The van der Waals surface area contributed by atoms with Crippen molar-refractivity contribution in [2.75, 3.05) is 6.54 Å². The molecule has 0 unspecified atom stereocenters. The van der Waals surface area contributed by atoms with Crippen LogP contribution in [0.3, 0.4) is 0 Å². The Morgan fingerprint density at radius 2 is 1.86 bits per heavy atom. The molecule has 2 N–H and O–H groups in total. The normalized spacial score (nSPS) is 10.4. The summed E-state index contributed by atoms with van der Waals surface area (Å²) in [7, 11) is 0. The van der Waals surface area contributed by atoms with Crippen LogP contribution < -0.4 is 5.73 Å². The second-order valence-electron chi connectivity index (χ2n) is 2.39. The van der Waals surface area contributed by atoms with Crippen LogP contribution in [0.1, 0.15) is 13.8 Å². The average Bonchev–Trinajstić information content (AvgIpc) is 2.17. The highest BCUT2D eigenvalue weighted by Crippen LogP contribution is 2.00. The average molecular weight is 209 g/mol. The van der Waals surface area contributed by atoms with Gasteiger partial charge in [0.1, 0.15) is 0 Å². The Bertz CT molecular complexity index is 237. The van der Waals surface area contributed by atoms with E-state index in [4.69, 9.17) is 18.0 Å². The number of thiocarbonyl (C=S) groups is 1. The fraction of sp³-hybridized carbons (Fsp3) is 0.250. The van der Waals surface area contributed by atoms with Crippen LogP contribution in [-0.2, 0) is 0 Å². The maximum Gasteiger partial charge on any atom is 0.0360 e. The summed E-state index contributed by atoms with van der Waals surface area (Å²) in [5.41, 5.74) is 6.36. The molecule has 0 saturated heterocycles. The molecule has 0 radical (unpaired) electrons. The summed E-state index contributed by atoms with van der Waals surface area (Å²) in [5.74, 6) is 0. The third-order valence-electron chi connectivity index (χ3n) is 1.15. The number of hydrogen-bond donors (Lipinski definition) is 1. The standard InChI is InChI=1S/C9H13NS.C3H6/c1-3-5-8(6-4-2)9(11)7-10;1-3-2/h3-6H,1,7,10H2,2H3;3H,1H2,2H3/b6-4-,8-5+;. The molecule has 78 valence electrons. The van der Waals surface area contributed by atoms with Crippen molar-refractivity contribution in [3.63, 3.8) is 0 Å². The van der Waals surface area contributed by atoms with Crippen LogP contribution in [0.4, 0.5) is 0 Å². The number of hydrogen-bond acceptors (Lipinski definition) is 2. The zero-order chi connectivity index (χ0) is 11.4. The van der Waals surface area contributed by atoms with E-state index < -0.39 is 0 Å². The third-order valence-corrected chi connectivity index (χ3v) is 1.55. The predicted octanol–water partition coefficient (Wildman–Crippen LogP) is 3.20. The molecule has 0 aliphatic heterocycles.